The first-order chi connectivity index (χ1) is 33.6. The zero-order chi connectivity index (χ0) is 53.6. The molecule has 13 atom stereocenters. The van der Waals surface area contributed by atoms with Crippen molar-refractivity contribution >= 4 is 35.1 Å². The van der Waals surface area contributed by atoms with E-state index in [0.717, 1.165) is 25.4 Å². The summed E-state index contributed by atoms with van der Waals surface area (Å²) in [7, 11) is 1.68. The van der Waals surface area contributed by atoms with E-state index in [2.05, 4.69) is 96.1 Å². The molecule has 12 heteroatoms. The van der Waals surface area contributed by atoms with Crippen molar-refractivity contribution in [3.05, 3.63) is 88.0 Å². The maximum absolute atomic E-state index is 14.7. The summed E-state index contributed by atoms with van der Waals surface area (Å²) < 4.78 is 18.9. The number of cyclic esters (lactones) is 1. The van der Waals surface area contributed by atoms with Gasteiger partial charge < -0.3 is 44.4 Å². The lowest BCUT2D eigenvalue weighted by Crippen LogP contribution is -2.60. The van der Waals surface area contributed by atoms with Crippen LogP contribution in [-0.4, -0.2) is 129 Å². The molecule has 3 aromatic rings. The van der Waals surface area contributed by atoms with Crippen LogP contribution in [-0.2, 0) is 23.8 Å². The number of hydrogen-bond donors (Lipinski definition) is 4. The maximum atomic E-state index is 14.7. The summed E-state index contributed by atoms with van der Waals surface area (Å²) in [6.45, 7) is 27.7. The molecule has 2 saturated heterocycles. The van der Waals surface area contributed by atoms with E-state index in [9.17, 15) is 30.0 Å². The number of likely N-dealkylation sites (N-methyl/N-ethyl adjacent to an activating group) is 1. The second-order valence-corrected chi connectivity index (χ2v) is 27.1. The van der Waals surface area contributed by atoms with Crippen molar-refractivity contribution in [2.45, 2.75) is 215 Å². The lowest BCUT2D eigenvalue weighted by Gasteiger charge is -2.46. The predicted octanol–water partition coefficient (Wildman–Crippen LogP) is 8.70. The summed E-state index contributed by atoms with van der Waals surface area (Å²) >= 11 is 0. The van der Waals surface area contributed by atoms with Gasteiger partial charge >= 0.3 is 5.97 Å². The van der Waals surface area contributed by atoms with Gasteiger partial charge in [-0.3, -0.25) is 9.59 Å². The van der Waals surface area contributed by atoms with Gasteiger partial charge in [-0.15, -0.1) is 0 Å². The van der Waals surface area contributed by atoms with Gasteiger partial charge in [0.05, 0.1) is 35.9 Å². The van der Waals surface area contributed by atoms with E-state index in [1.54, 1.807) is 32.6 Å². The highest BCUT2D eigenvalue weighted by Gasteiger charge is 2.50. The van der Waals surface area contributed by atoms with Crippen molar-refractivity contribution in [1.82, 2.24) is 9.80 Å². The Labute approximate surface area is 434 Å². The Bertz CT molecular complexity index is 2090. The van der Waals surface area contributed by atoms with Gasteiger partial charge in [0.25, 0.3) is 0 Å². The number of hydrogen-bond acceptors (Lipinski definition) is 10. The molecule has 0 aromatic heterocycles. The Morgan fingerprint density at radius 3 is 1.72 bits per heavy atom. The highest BCUT2D eigenvalue weighted by molar-refractivity contribution is 7.95. The van der Waals surface area contributed by atoms with Gasteiger partial charge in [-0.1, -0.05) is 52.3 Å². The van der Waals surface area contributed by atoms with Crippen LogP contribution in [0.1, 0.15) is 147 Å². The lowest BCUT2D eigenvalue weighted by atomic mass is 9.79. The van der Waals surface area contributed by atoms with Crippen molar-refractivity contribution in [2.75, 3.05) is 26.8 Å². The minimum Gasteiger partial charge on any atom is -0.459 e. The monoisotopic (exact) mass is 1020 g/mol. The Kier molecular flexibility index (Phi) is 20.8. The highest BCUT2D eigenvalue weighted by Crippen LogP contribution is 2.57. The first-order valence-corrected chi connectivity index (χ1v) is 29.0. The van der Waals surface area contributed by atoms with Gasteiger partial charge in [0.15, 0.2) is 6.29 Å². The Balaban J connectivity index is 1.41. The molecule has 2 heterocycles. The topological polar surface area (TPSA) is 149 Å². The van der Waals surface area contributed by atoms with Crippen LogP contribution in [0.3, 0.4) is 0 Å². The first-order valence-electron chi connectivity index (χ1n) is 27.0. The van der Waals surface area contributed by atoms with Gasteiger partial charge in [-0.2, -0.15) is 0 Å². The van der Waals surface area contributed by atoms with Crippen LogP contribution in [0.15, 0.2) is 54.6 Å². The summed E-state index contributed by atoms with van der Waals surface area (Å²) in [5.74, 6) is -2.07. The van der Waals surface area contributed by atoms with Crippen molar-refractivity contribution in [1.29, 1.82) is 0 Å². The minimum atomic E-state index is -2.14. The summed E-state index contributed by atoms with van der Waals surface area (Å²) in [4.78, 5) is 32.1. The summed E-state index contributed by atoms with van der Waals surface area (Å²) in [6, 6.07) is 20.1. The molecule has 11 nitrogen and oxygen atoms in total. The molecule has 2 fully saturated rings. The molecule has 402 valence electrons. The number of aliphatic hydroxyl groups is 4. The third-order valence-corrected chi connectivity index (χ3v) is 20.2. The number of aryl methyl sites for hydroxylation is 6. The van der Waals surface area contributed by atoms with E-state index in [4.69, 9.17) is 14.2 Å². The van der Waals surface area contributed by atoms with Gasteiger partial charge in [0.2, 0.25) is 5.91 Å². The maximum Gasteiger partial charge on any atom is 0.309 e. The number of ether oxygens (including phenoxy) is 3. The molecular formula is C60H94N2O9P+. The molecule has 72 heavy (non-hydrogen) atoms. The molecule has 0 aliphatic carbocycles. The van der Waals surface area contributed by atoms with E-state index in [1.165, 1.54) is 56.2 Å². The Morgan fingerprint density at radius 2 is 1.25 bits per heavy atom. The highest BCUT2D eigenvalue weighted by atomic mass is 31.2. The van der Waals surface area contributed by atoms with Gasteiger partial charge in [-0.05, 0) is 210 Å². The van der Waals surface area contributed by atoms with Crippen LogP contribution >= 0.6 is 7.26 Å². The van der Waals surface area contributed by atoms with Crippen molar-refractivity contribution in [3.63, 3.8) is 0 Å². The number of amides is 1. The Hall–Kier alpha value is -3.25. The molecule has 3 aromatic carbocycles. The molecule has 2 aliphatic heterocycles. The fourth-order valence-corrected chi connectivity index (χ4v) is 17.3. The molecular weight excluding hydrogens is 924 g/mol. The van der Waals surface area contributed by atoms with Gasteiger partial charge in [0.1, 0.15) is 47.1 Å². The molecule has 1 amide bonds. The number of aliphatic hydroxyl groups excluding tert-OH is 2. The van der Waals surface area contributed by atoms with Crippen molar-refractivity contribution in [3.8, 4) is 0 Å². The van der Waals surface area contributed by atoms with Crippen LogP contribution < -0.4 is 15.9 Å². The van der Waals surface area contributed by atoms with Crippen LogP contribution in [0.4, 0.5) is 0 Å². The first kappa shape index (κ1) is 59.6. The van der Waals surface area contributed by atoms with Gasteiger partial charge in [-0.25, -0.2) is 0 Å². The second kappa shape index (κ2) is 25.1. The summed E-state index contributed by atoms with van der Waals surface area (Å²) in [5, 5.41) is 52.4. The predicted molar refractivity (Wildman–Crippen MR) is 294 cm³/mol. The van der Waals surface area contributed by atoms with Crippen LogP contribution in [0.5, 0.6) is 0 Å². The molecule has 2 aliphatic rings. The fourth-order valence-electron chi connectivity index (χ4n) is 12.4. The lowest BCUT2D eigenvalue weighted by molar-refractivity contribution is -0.295. The molecule has 0 unspecified atom stereocenters. The van der Waals surface area contributed by atoms with Crippen molar-refractivity contribution in [2.24, 2.45) is 17.8 Å². The number of carbonyl (C=O) groups is 2. The smallest absolute Gasteiger partial charge is 0.309 e. The standard InChI is InChI=1S/C60H94N2O9P/c1-17-52-60(14,68)55(65)47(12)62(36-43(8)35-59(13,67)56(44(9)33-45(10)57(66)70-52)71-58-54(64)51(61(15)16)34-46(11)69-58)53(63)22-20-18-19-21-23-72(48-27-37(2)24-38(3)28-48,49-29-39(4)25-40(5)30-49)50-31-41(6)26-42(7)32-50/h24-32,43-47,51-52,54-56,58,64-65,67-68H,17-23,33-36H2,1-16H3/q+1/t43-,44+,45-,46-,47-,51+,52-,54-,55-,56-,58+,59-,60-/m1/s1. The number of esters is 1. The normalized spacial score (nSPS) is 31.5. The SMILES string of the molecule is CC[C@H]1OC(=O)[C@H](C)C[C@H](C)[C@@H](O[C@@H]2O[C@H](C)C[C@H](N(C)C)[C@H]2O)[C@](C)(O)C[C@@H](C)CN(C(=O)CCCCCC[P+](c2cc(C)cc(C)c2)(c2cc(C)cc(C)c2)c2cc(C)cc(C)c2)[C@H](C)[C@@H](O)[C@]1(C)O. The largest absolute Gasteiger partial charge is 0.459 e. The van der Waals surface area contributed by atoms with E-state index in [-0.39, 0.29) is 56.2 Å². The molecule has 0 radical (unpaired) electrons. The van der Waals surface area contributed by atoms with E-state index >= 15 is 0 Å². The summed E-state index contributed by atoms with van der Waals surface area (Å²) in [5.41, 5.74) is 4.16. The van der Waals surface area contributed by atoms with E-state index in [1.807, 2.05) is 39.8 Å². The molecule has 0 bridgehead atoms. The number of rotatable bonds is 14. The van der Waals surface area contributed by atoms with Crippen LogP contribution in [0.25, 0.3) is 0 Å². The fraction of sp³-hybridized carbons (Fsp3) is 0.667. The number of nitrogens with zero attached hydrogens (tertiary/aromatic N) is 2. The quantitative estimate of drug-likeness (QED) is 0.0703. The van der Waals surface area contributed by atoms with Crippen molar-refractivity contribution < 1.29 is 44.2 Å². The zero-order valence-electron chi connectivity index (χ0n) is 47.0. The third-order valence-electron chi connectivity index (χ3n) is 15.8. The zero-order valence-corrected chi connectivity index (χ0v) is 47.9. The third kappa shape index (κ3) is 14.4. The summed E-state index contributed by atoms with van der Waals surface area (Å²) in [6.07, 6.45) is 0.272. The number of benzene rings is 3. The Morgan fingerprint density at radius 1 is 0.764 bits per heavy atom. The van der Waals surface area contributed by atoms with Crippen LogP contribution in [0.2, 0.25) is 0 Å². The van der Waals surface area contributed by atoms with Gasteiger partial charge in [0, 0.05) is 19.0 Å². The average molecular weight is 1020 g/mol. The minimum absolute atomic E-state index is 0.155. The number of unbranched alkanes of at least 4 members (excludes halogenated alkanes) is 3. The second-order valence-electron chi connectivity index (χ2n) is 23.4. The molecule has 0 saturated carbocycles. The molecule has 0 spiro atoms. The van der Waals surface area contributed by atoms with E-state index < -0.39 is 73.0 Å². The number of carbonyl (C=O) groups excluding carboxylic acids is 2. The molecule has 4 N–H and O–H groups in total. The van der Waals surface area contributed by atoms with Crippen LogP contribution in [0, 0.1) is 59.3 Å². The van der Waals surface area contributed by atoms with E-state index in [0.29, 0.717) is 12.8 Å². The average Bonchev–Trinajstić information content (AvgIpc) is 3.27. The molecule has 5 rings (SSSR count).